The van der Waals surface area contributed by atoms with E-state index in [-0.39, 0.29) is 12.0 Å². The highest BCUT2D eigenvalue weighted by atomic mass is 19.1. The predicted octanol–water partition coefficient (Wildman–Crippen LogP) is 1.60. The summed E-state index contributed by atoms with van der Waals surface area (Å²) in [6.45, 7) is 0.305. The molecule has 0 saturated carbocycles. The first kappa shape index (κ1) is 12.1. The van der Waals surface area contributed by atoms with Crippen LogP contribution in [0.15, 0.2) is 12.1 Å². The number of nitrogens with one attached hydrogen (secondary N) is 1. The van der Waals surface area contributed by atoms with Crippen molar-refractivity contribution in [2.45, 2.75) is 18.9 Å². The zero-order valence-corrected chi connectivity index (χ0v) is 8.91. The van der Waals surface area contributed by atoms with Gasteiger partial charge in [-0.1, -0.05) is 5.64 Å². The van der Waals surface area contributed by atoms with Gasteiger partial charge >= 0.3 is 0 Å². The lowest BCUT2D eigenvalue weighted by molar-refractivity contribution is -0.242. The van der Waals surface area contributed by atoms with Gasteiger partial charge in [-0.15, -0.1) is 0 Å². The number of carbonyl (C=O) groups excluding carboxylic acids is 1. The second kappa shape index (κ2) is 5.31. The highest BCUT2D eigenvalue weighted by molar-refractivity contribution is 5.55. The number of halogens is 2. The first-order valence-electron chi connectivity index (χ1n) is 5.16. The van der Waals surface area contributed by atoms with Gasteiger partial charge in [0, 0.05) is 12.8 Å². The van der Waals surface area contributed by atoms with Gasteiger partial charge in [-0.2, -0.15) is 0 Å². The van der Waals surface area contributed by atoms with Crippen LogP contribution in [0.3, 0.4) is 0 Å². The highest BCUT2D eigenvalue weighted by Crippen LogP contribution is 2.28. The third-order valence-electron chi connectivity index (χ3n) is 2.51. The Morgan fingerprint density at radius 1 is 1.41 bits per heavy atom. The van der Waals surface area contributed by atoms with E-state index in [9.17, 15) is 13.6 Å². The molecule has 1 atom stereocenters. The largest absolute Gasteiger partial charge is 0.303 e. The number of hydrogen-bond donors (Lipinski definition) is 1. The molecule has 4 nitrogen and oxygen atoms in total. The molecule has 1 saturated heterocycles. The van der Waals surface area contributed by atoms with Crippen molar-refractivity contribution in [3.05, 3.63) is 34.9 Å². The van der Waals surface area contributed by atoms with E-state index in [1.54, 1.807) is 0 Å². The van der Waals surface area contributed by atoms with Crippen molar-refractivity contribution in [3.8, 4) is 0 Å². The number of aldehydes is 1. The summed E-state index contributed by atoms with van der Waals surface area (Å²) in [5, 5.41) is 0. The highest BCUT2D eigenvalue weighted by Gasteiger charge is 2.24. The zero-order chi connectivity index (χ0) is 12.3. The fourth-order valence-corrected chi connectivity index (χ4v) is 1.72. The molecule has 17 heavy (non-hydrogen) atoms. The summed E-state index contributed by atoms with van der Waals surface area (Å²) in [7, 11) is 0. The van der Waals surface area contributed by atoms with E-state index in [4.69, 9.17) is 9.68 Å². The SMILES string of the molecule is O=CCc1cc(F)c(C2CCONO2)c(F)c1. The van der Waals surface area contributed by atoms with Gasteiger partial charge in [0.2, 0.25) is 0 Å². The van der Waals surface area contributed by atoms with Gasteiger partial charge in [-0.3, -0.25) is 9.68 Å². The van der Waals surface area contributed by atoms with Gasteiger partial charge in [0.25, 0.3) is 0 Å². The van der Waals surface area contributed by atoms with Crippen LogP contribution in [0.5, 0.6) is 0 Å². The molecule has 0 spiro atoms. The van der Waals surface area contributed by atoms with Crippen molar-refractivity contribution in [3.63, 3.8) is 0 Å². The molecular formula is C11H11F2NO3. The smallest absolute Gasteiger partial charge is 0.132 e. The molecule has 1 aliphatic heterocycles. The maximum absolute atomic E-state index is 13.7. The Balaban J connectivity index is 2.30. The normalized spacial score (nSPS) is 20.2. The van der Waals surface area contributed by atoms with Crippen molar-refractivity contribution >= 4 is 6.29 Å². The Labute approximate surface area is 96.4 Å². The Hall–Kier alpha value is -1.37. The van der Waals surface area contributed by atoms with Crippen molar-refractivity contribution in [1.82, 2.24) is 5.64 Å². The average Bonchev–Trinajstić information content (AvgIpc) is 2.30. The lowest BCUT2D eigenvalue weighted by Crippen LogP contribution is -2.28. The van der Waals surface area contributed by atoms with E-state index in [0.717, 1.165) is 12.1 Å². The van der Waals surface area contributed by atoms with Gasteiger partial charge in [-0.25, -0.2) is 8.78 Å². The molecule has 1 N–H and O–H groups in total. The Kier molecular flexibility index (Phi) is 3.78. The van der Waals surface area contributed by atoms with Crippen molar-refractivity contribution < 1.29 is 23.3 Å². The van der Waals surface area contributed by atoms with Gasteiger partial charge in [0.1, 0.15) is 24.0 Å². The summed E-state index contributed by atoms with van der Waals surface area (Å²) >= 11 is 0. The van der Waals surface area contributed by atoms with Gasteiger partial charge in [0.05, 0.1) is 12.2 Å². The topological polar surface area (TPSA) is 47.6 Å². The number of benzene rings is 1. The van der Waals surface area contributed by atoms with Crippen molar-refractivity contribution in [2.24, 2.45) is 0 Å². The summed E-state index contributed by atoms with van der Waals surface area (Å²) in [5.41, 5.74) is 2.30. The molecule has 1 aromatic rings. The van der Waals surface area contributed by atoms with Gasteiger partial charge in [-0.05, 0) is 17.7 Å². The minimum atomic E-state index is -0.728. The Morgan fingerprint density at radius 3 is 2.65 bits per heavy atom. The molecule has 2 rings (SSSR count). The molecule has 1 heterocycles. The lowest BCUT2D eigenvalue weighted by Gasteiger charge is -2.23. The fourth-order valence-electron chi connectivity index (χ4n) is 1.72. The summed E-state index contributed by atoms with van der Waals surface area (Å²) in [5.74, 6) is -1.42. The van der Waals surface area contributed by atoms with E-state index < -0.39 is 17.7 Å². The number of carbonyl (C=O) groups is 1. The van der Waals surface area contributed by atoms with Crippen LogP contribution < -0.4 is 5.64 Å². The van der Waals surface area contributed by atoms with E-state index in [2.05, 4.69) is 5.64 Å². The van der Waals surface area contributed by atoms with E-state index in [0.29, 0.717) is 24.9 Å². The lowest BCUT2D eigenvalue weighted by atomic mass is 10.0. The quantitative estimate of drug-likeness (QED) is 0.819. The van der Waals surface area contributed by atoms with Gasteiger partial charge in [0.15, 0.2) is 0 Å². The van der Waals surface area contributed by atoms with Crippen LogP contribution in [0, 0.1) is 11.6 Å². The second-order valence-electron chi connectivity index (χ2n) is 3.67. The van der Waals surface area contributed by atoms with Crippen LogP contribution in [-0.2, 0) is 20.9 Å². The molecule has 6 heteroatoms. The molecule has 1 aliphatic rings. The molecular weight excluding hydrogens is 232 g/mol. The van der Waals surface area contributed by atoms with Crippen LogP contribution in [0.1, 0.15) is 23.7 Å². The molecule has 0 radical (unpaired) electrons. The predicted molar refractivity (Wildman–Crippen MR) is 53.7 cm³/mol. The number of hydrogen-bond acceptors (Lipinski definition) is 4. The maximum atomic E-state index is 13.7. The first-order chi connectivity index (χ1) is 8.22. The molecule has 0 bridgehead atoms. The third-order valence-corrected chi connectivity index (χ3v) is 2.51. The van der Waals surface area contributed by atoms with Crippen LogP contribution in [0.2, 0.25) is 0 Å². The average molecular weight is 243 g/mol. The standard InChI is InChI=1S/C11H11F2NO3/c12-8-5-7(1-3-15)6-9(13)11(8)10-2-4-16-14-17-10/h3,5-6,10,14H,1-2,4H2. The van der Waals surface area contributed by atoms with Crippen LogP contribution in [-0.4, -0.2) is 12.9 Å². The van der Waals surface area contributed by atoms with Crippen LogP contribution in [0.4, 0.5) is 8.78 Å². The van der Waals surface area contributed by atoms with Crippen LogP contribution in [0.25, 0.3) is 0 Å². The van der Waals surface area contributed by atoms with Crippen molar-refractivity contribution in [1.29, 1.82) is 0 Å². The second-order valence-corrected chi connectivity index (χ2v) is 3.67. The molecule has 0 amide bonds. The van der Waals surface area contributed by atoms with Gasteiger partial charge < -0.3 is 4.79 Å². The Bertz CT molecular complexity index is 396. The van der Waals surface area contributed by atoms with E-state index >= 15 is 0 Å². The fraction of sp³-hybridized carbons (Fsp3) is 0.364. The third kappa shape index (κ3) is 2.66. The monoisotopic (exact) mass is 243 g/mol. The molecule has 1 unspecified atom stereocenters. The van der Waals surface area contributed by atoms with E-state index in [1.807, 2.05) is 0 Å². The summed E-state index contributed by atoms with van der Waals surface area (Å²) in [6.07, 6.45) is 0.212. The summed E-state index contributed by atoms with van der Waals surface area (Å²) in [4.78, 5) is 19.9. The van der Waals surface area contributed by atoms with E-state index in [1.165, 1.54) is 0 Å². The summed E-state index contributed by atoms with van der Waals surface area (Å²) < 4.78 is 27.4. The minimum absolute atomic E-state index is 0.0129. The zero-order valence-electron chi connectivity index (χ0n) is 8.91. The summed E-state index contributed by atoms with van der Waals surface area (Å²) in [6, 6.07) is 2.29. The molecule has 92 valence electrons. The maximum Gasteiger partial charge on any atom is 0.132 e. The molecule has 0 aromatic heterocycles. The van der Waals surface area contributed by atoms with Crippen LogP contribution >= 0.6 is 0 Å². The molecule has 0 aliphatic carbocycles. The van der Waals surface area contributed by atoms with Crippen molar-refractivity contribution in [2.75, 3.05) is 6.61 Å². The molecule has 1 fully saturated rings. The minimum Gasteiger partial charge on any atom is -0.303 e. The first-order valence-corrected chi connectivity index (χ1v) is 5.16. The number of rotatable bonds is 3. The molecule has 1 aromatic carbocycles. The Morgan fingerprint density at radius 2 is 2.12 bits per heavy atom.